The summed E-state index contributed by atoms with van der Waals surface area (Å²) in [5, 5.41) is 12.6. The number of aliphatic hydroxyl groups excluding tert-OH is 1. The van der Waals surface area contributed by atoms with E-state index in [0.717, 1.165) is 6.42 Å². The molecule has 0 radical (unpaired) electrons. The Hall–Kier alpha value is -3.71. The summed E-state index contributed by atoms with van der Waals surface area (Å²) in [6.45, 7) is 2.04. The number of aliphatic hydroxyl groups is 1. The standard InChI is InChI=1S/C28H29FN2O4/c1-19(32)15-27(33)31-18-21(16-20-5-3-2-4-6-20)17-26(31)28(34)30-23-9-13-25(14-10-23)35-24-11-7-22(29)8-12-24/h2-14,19,21,26,32H,15-18H2,1H3,(H,30,34)/t19?,21-,26+/m1/s1. The van der Waals surface area contributed by atoms with E-state index in [1.165, 1.54) is 29.8 Å². The molecule has 0 saturated carbocycles. The van der Waals surface area contributed by atoms with E-state index >= 15 is 0 Å². The number of carbonyl (C=O) groups is 2. The maximum absolute atomic E-state index is 13.2. The molecule has 1 unspecified atom stereocenters. The zero-order valence-corrected chi connectivity index (χ0v) is 19.6. The number of rotatable bonds is 8. The molecule has 3 atom stereocenters. The third-order valence-corrected chi connectivity index (χ3v) is 6.02. The third-order valence-electron chi connectivity index (χ3n) is 6.02. The summed E-state index contributed by atoms with van der Waals surface area (Å²) < 4.78 is 18.8. The first-order valence-electron chi connectivity index (χ1n) is 11.7. The average Bonchev–Trinajstić information content (AvgIpc) is 3.26. The molecule has 1 fully saturated rings. The molecular weight excluding hydrogens is 447 g/mol. The van der Waals surface area contributed by atoms with Crippen molar-refractivity contribution in [3.63, 3.8) is 0 Å². The fourth-order valence-corrected chi connectivity index (χ4v) is 4.38. The van der Waals surface area contributed by atoms with E-state index in [9.17, 15) is 19.1 Å². The lowest BCUT2D eigenvalue weighted by Crippen LogP contribution is -2.44. The van der Waals surface area contributed by atoms with Gasteiger partial charge in [0.05, 0.1) is 12.5 Å². The second-order valence-corrected chi connectivity index (χ2v) is 8.98. The van der Waals surface area contributed by atoms with Gasteiger partial charge in [-0.25, -0.2) is 4.39 Å². The van der Waals surface area contributed by atoms with Gasteiger partial charge in [-0.3, -0.25) is 9.59 Å². The van der Waals surface area contributed by atoms with Gasteiger partial charge < -0.3 is 20.1 Å². The highest BCUT2D eigenvalue weighted by molar-refractivity contribution is 5.97. The van der Waals surface area contributed by atoms with Crippen molar-refractivity contribution in [3.05, 3.63) is 90.2 Å². The number of amides is 2. The van der Waals surface area contributed by atoms with Crippen LogP contribution in [-0.2, 0) is 16.0 Å². The third kappa shape index (κ3) is 6.67. The number of likely N-dealkylation sites (tertiary alicyclic amines) is 1. The summed E-state index contributed by atoms with van der Waals surface area (Å²) in [6, 6.07) is 22.0. The lowest BCUT2D eigenvalue weighted by atomic mass is 9.96. The van der Waals surface area contributed by atoms with Gasteiger partial charge in [0.1, 0.15) is 23.4 Å². The molecule has 0 spiro atoms. The summed E-state index contributed by atoms with van der Waals surface area (Å²) >= 11 is 0. The molecule has 3 aromatic rings. The summed E-state index contributed by atoms with van der Waals surface area (Å²) in [6.07, 6.45) is 0.543. The van der Waals surface area contributed by atoms with E-state index < -0.39 is 12.1 Å². The van der Waals surface area contributed by atoms with E-state index in [0.29, 0.717) is 30.2 Å². The van der Waals surface area contributed by atoms with E-state index in [1.807, 2.05) is 30.3 Å². The number of nitrogens with one attached hydrogen (secondary N) is 1. The molecule has 6 nitrogen and oxygen atoms in total. The summed E-state index contributed by atoms with van der Waals surface area (Å²) in [5.74, 6) is 0.385. The highest BCUT2D eigenvalue weighted by Gasteiger charge is 2.39. The Morgan fingerprint density at radius 1 is 1.03 bits per heavy atom. The van der Waals surface area contributed by atoms with Gasteiger partial charge in [0.2, 0.25) is 11.8 Å². The van der Waals surface area contributed by atoms with Gasteiger partial charge in [-0.05, 0) is 79.8 Å². The average molecular weight is 477 g/mol. The normalized spacial score (nSPS) is 18.2. The van der Waals surface area contributed by atoms with Gasteiger partial charge in [0.15, 0.2) is 0 Å². The van der Waals surface area contributed by atoms with E-state index in [1.54, 1.807) is 36.1 Å². The summed E-state index contributed by atoms with van der Waals surface area (Å²) in [5.41, 5.74) is 1.74. The van der Waals surface area contributed by atoms with E-state index in [4.69, 9.17) is 4.74 Å². The molecular formula is C28H29FN2O4. The summed E-state index contributed by atoms with van der Waals surface area (Å²) in [4.78, 5) is 27.6. The highest BCUT2D eigenvalue weighted by Crippen LogP contribution is 2.29. The molecule has 2 N–H and O–H groups in total. The Morgan fingerprint density at radius 2 is 1.66 bits per heavy atom. The highest BCUT2D eigenvalue weighted by atomic mass is 19.1. The Kier molecular flexibility index (Phi) is 7.77. The molecule has 35 heavy (non-hydrogen) atoms. The zero-order chi connectivity index (χ0) is 24.8. The SMILES string of the molecule is CC(O)CC(=O)N1C[C@H](Cc2ccccc2)C[C@H]1C(=O)Nc1ccc(Oc2ccc(F)cc2)cc1. The molecule has 4 rings (SSSR count). The number of anilines is 1. The predicted molar refractivity (Wildman–Crippen MR) is 132 cm³/mol. The number of ether oxygens (including phenoxy) is 1. The Morgan fingerprint density at radius 3 is 2.29 bits per heavy atom. The van der Waals surface area contributed by atoms with Gasteiger partial charge in [-0.2, -0.15) is 0 Å². The van der Waals surface area contributed by atoms with Crippen molar-refractivity contribution in [1.82, 2.24) is 4.90 Å². The molecule has 1 aliphatic heterocycles. The van der Waals surface area contributed by atoms with Crippen LogP contribution in [0.25, 0.3) is 0 Å². The lowest BCUT2D eigenvalue weighted by Gasteiger charge is -2.24. The Labute approximate surface area is 204 Å². The fourth-order valence-electron chi connectivity index (χ4n) is 4.38. The first-order chi connectivity index (χ1) is 16.9. The molecule has 2 amide bonds. The van der Waals surface area contributed by atoms with Crippen LogP contribution in [-0.4, -0.2) is 40.5 Å². The topological polar surface area (TPSA) is 78.9 Å². The number of carbonyl (C=O) groups excluding carboxylic acids is 2. The first-order valence-corrected chi connectivity index (χ1v) is 11.7. The number of halogens is 1. The minimum absolute atomic E-state index is 0.0166. The minimum Gasteiger partial charge on any atom is -0.457 e. The summed E-state index contributed by atoms with van der Waals surface area (Å²) in [7, 11) is 0. The molecule has 7 heteroatoms. The van der Waals surface area contributed by atoms with Crippen LogP contribution in [0.4, 0.5) is 10.1 Å². The van der Waals surface area contributed by atoms with Crippen molar-refractivity contribution in [3.8, 4) is 11.5 Å². The molecule has 0 bridgehead atoms. The molecule has 1 heterocycles. The Bertz CT molecular complexity index is 1130. The molecule has 1 aliphatic rings. The van der Waals surface area contributed by atoms with Crippen molar-refractivity contribution < 1.29 is 23.8 Å². The first kappa shape index (κ1) is 24.4. The lowest BCUT2D eigenvalue weighted by molar-refractivity contribution is -0.138. The van der Waals surface area contributed by atoms with Crippen molar-refractivity contribution in [1.29, 1.82) is 0 Å². The molecule has 3 aromatic carbocycles. The van der Waals surface area contributed by atoms with Crippen LogP contribution >= 0.6 is 0 Å². The van der Waals surface area contributed by atoms with Crippen LogP contribution in [0.1, 0.15) is 25.3 Å². The van der Waals surface area contributed by atoms with Crippen LogP contribution in [0.2, 0.25) is 0 Å². The van der Waals surface area contributed by atoms with Gasteiger partial charge in [-0.1, -0.05) is 30.3 Å². The number of hydrogen-bond acceptors (Lipinski definition) is 4. The van der Waals surface area contributed by atoms with Crippen molar-refractivity contribution in [2.24, 2.45) is 5.92 Å². The van der Waals surface area contributed by atoms with Crippen LogP contribution in [0, 0.1) is 11.7 Å². The van der Waals surface area contributed by atoms with Gasteiger partial charge >= 0.3 is 0 Å². The fraction of sp³-hybridized carbons (Fsp3) is 0.286. The van der Waals surface area contributed by atoms with Crippen molar-refractivity contribution in [2.75, 3.05) is 11.9 Å². The Balaban J connectivity index is 1.42. The van der Waals surface area contributed by atoms with Crippen molar-refractivity contribution in [2.45, 2.75) is 38.3 Å². The monoisotopic (exact) mass is 476 g/mol. The van der Waals surface area contributed by atoms with Gasteiger partial charge in [-0.15, -0.1) is 0 Å². The quantitative estimate of drug-likeness (QED) is 0.490. The molecule has 182 valence electrons. The predicted octanol–water partition coefficient (Wildman–Crippen LogP) is 4.79. The smallest absolute Gasteiger partial charge is 0.247 e. The number of hydrogen-bond donors (Lipinski definition) is 2. The van der Waals surface area contributed by atoms with E-state index in [2.05, 4.69) is 5.32 Å². The molecule has 0 aromatic heterocycles. The second-order valence-electron chi connectivity index (χ2n) is 8.98. The maximum atomic E-state index is 13.2. The van der Waals surface area contributed by atoms with Gasteiger partial charge in [0, 0.05) is 12.2 Å². The zero-order valence-electron chi connectivity index (χ0n) is 19.6. The largest absolute Gasteiger partial charge is 0.457 e. The molecule has 0 aliphatic carbocycles. The second kappa shape index (κ2) is 11.1. The maximum Gasteiger partial charge on any atom is 0.247 e. The van der Waals surface area contributed by atoms with Crippen LogP contribution in [0.15, 0.2) is 78.9 Å². The minimum atomic E-state index is -0.770. The van der Waals surface area contributed by atoms with Crippen molar-refractivity contribution >= 4 is 17.5 Å². The van der Waals surface area contributed by atoms with Gasteiger partial charge in [0.25, 0.3) is 0 Å². The van der Waals surface area contributed by atoms with Crippen LogP contribution < -0.4 is 10.1 Å². The number of nitrogens with zero attached hydrogens (tertiary/aromatic N) is 1. The van der Waals surface area contributed by atoms with Crippen LogP contribution in [0.3, 0.4) is 0 Å². The van der Waals surface area contributed by atoms with E-state index in [-0.39, 0.29) is 30.0 Å². The molecule has 1 saturated heterocycles. The number of benzene rings is 3. The van der Waals surface area contributed by atoms with Crippen LogP contribution in [0.5, 0.6) is 11.5 Å².